The molecule has 7 heteroatoms. The first kappa shape index (κ1) is 13.5. The lowest BCUT2D eigenvalue weighted by atomic mass is 10.2. The van der Waals surface area contributed by atoms with Gasteiger partial charge in [-0.1, -0.05) is 5.16 Å². The van der Waals surface area contributed by atoms with Crippen molar-refractivity contribution in [2.75, 3.05) is 26.4 Å². The number of hydrogen-bond acceptors (Lipinski definition) is 7. The number of piperazine rings is 1. The molecule has 1 atom stereocenters. The van der Waals surface area contributed by atoms with E-state index in [2.05, 4.69) is 27.3 Å². The van der Waals surface area contributed by atoms with Crippen LogP contribution in [0.15, 0.2) is 22.7 Å². The summed E-state index contributed by atoms with van der Waals surface area (Å²) in [5, 5.41) is 7.45. The van der Waals surface area contributed by atoms with Crippen molar-refractivity contribution in [3.8, 4) is 22.9 Å². The van der Waals surface area contributed by atoms with Gasteiger partial charge < -0.3 is 19.3 Å². The zero-order chi connectivity index (χ0) is 14.9. The number of fused-ring (bicyclic) bond motifs is 1. The van der Waals surface area contributed by atoms with Crippen LogP contribution in [0.25, 0.3) is 11.4 Å². The minimum atomic E-state index is 0.261. The van der Waals surface area contributed by atoms with Gasteiger partial charge in [-0.25, -0.2) is 0 Å². The second-order valence-corrected chi connectivity index (χ2v) is 5.60. The third-order valence-electron chi connectivity index (χ3n) is 4.08. The lowest BCUT2D eigenvalue weighted by Crippen LogP contribution is -2.49. The molecule has 1 aromatic heterocycles. The van der Waals surface area contributed by atoms with Crippen LogP contribution in [0.4, 0.5) is 0 Å². The fraction of sp³-hybridized carbons (Fsp3) is 0.467. The molecule has 0 radical (unpaired) electrons. The van der Waals surface area contributed by atoms with E-state index < -0.39 is 0 Å². The van der Waals surface area contributed by atoms with Crippen LogP contribution in [-0.4, -0.2) is 47.5 Å². The molecule has 0 amide bonds. The molecular weight excluding hydrogens is 284 g/mol. The predicted molar refractivity (Wildman–Crippen MR) is 78.6 cm³/mol. The van der Waals surface area contributed by atoms with Gasteiger partial charge in [-0.15, -0.1) is 0 Å². The number of ether oxygens (including phenoxy) is 2. The Hall–Kier alpha value is -2.12. The molecule has 22 heavy (non-hydrogen) atoms. The summed E-state index contributed by atoms with van der Waals surface area (Å²) in [5.41, 5.74) is 0.868. The maximum Gasteiger partial charge on any atom is 0.241 e. The monoisotopic (exact) mass is 302 g/mol. The summed E-state index contributed by atoms with van der Waals surface area (Å²) in [6.07, 6.45) is 0. The summed E-state index contributed by atoms with van der Waals surface area (Å²) >= 11 is 0. The van der Waals surface area contributed by atoms with E-state index in [9.17, 15) is 0 Å². The van der Waals surface area contributed by atoms with Gasteiger partial charge in [0.25, 0.3) is 0 Å². The van der Waals surface area contributed by atoms with Crippen molar-refractivity contribution in [2.24, 2.45) is 0 Å². The molecule has 2 aliphatic heterocycles. The van der Waals surface area contributed by atoms with E-state index in [-0.39, 0.29) is 6.79 Å². The van der Waals surface area contributed by atoms with Gasteiger partial charge in [-0.05, 0) is 25.1 Å². The summed E-state index contributed by atoms with van der Waals surface area (Å²) in [4.78, 5) is 6.84. The highest BCUT2D eigenvalue weighted by Crippen LogP contribution is 2.35. The van der Waals surface area contributed by atoms with Crippen molar-refractivity contribution < 1.29 is 14.0 Å². The molecule has 2 aromatic rings. The third-order valence-corrected chi connectivity index (χ3v) is 4.08. The number of hydrogen-bond donors (Lipinski definition) is 1. The lowest BCUT2D eigenvalue weighted by Gasteiger charge is -2.32. The highest BCUT2D eigenvalue weighted by Gasteiger charge is 2.21. The fourth-order valence-electron chi connectivity index (χ4n) is 2.76. The Bertz CT molecular complexity index is 673. The third kappa shape index (κ3) is 2.53. The van der Waals surface area contributed by atoms with Crippen molar-refractivity contribution in [1.82, 2.24) is 20.4 Å². The van der Waals surface area contributed by atoms with Crippen molar-refractivity contribution in [3.05, 3.63) is 24.1 Å². The van der Waals surface area contributed by atoms with Gasteiger partial charge >= 0.3 is 0 Å². The highest BCUT2D eigenvalue weighted by molar-refractivity contribution is 5.61. The van der Waals surface area contributed by atoms with Crippen LogP contribution in [-0.2, 0) is 6.54 Å². The smallest absolute Gasteiger partial charge is 0.241 e. The van der Waals surface area contributed by atoms with Gasteiger partial charge in [0, 0.05) is 31.2 Å². The second kappa shape index (κ2) is 5.58. The molecule has 1 fully saturated rings. The van der Waals surface area contributed by atoms with Crippen LogP contribution >= 0.6 is 0 Å². The first-order chi connectivity index (χ1) is 10.8. The first-order valence-corrected chi connectivity index (χ1v) is 7.47. The molecule has 0 unspecified atom stereocenters. The SMILES string of the molecule is C[C@@H]1CNCCN1Cc1nc(-c2ccc3c(c2)OCO3)no1. The van der Waals surface area contributed by atoms with Crippen molar-refractivity contribution in [1.29, 1.82) is 0 Å². The zero-order valence-electron chi connectivity index (χ0n) is 12.4. The molecule has 1 saturated heterocycles. The lowest BCUT2D eigenvalue weighted by molar-refractivity contribution is 0.146. The number of rotatable bonds is 3. The number of aromatic nitrogens is 2. The molecule has 1 aromatic carbocycles. The van der Waals surface area contributed by atoms with Gasteiger partial charge in [0.05, 0.1) is 6.54 Å². The average molecular weight is 302 g/mol. The summed E-state index contributed by atoms with van der Waals surface area (Å²) < 4.78 is 16.1. The molecule has 4 rings (SSSR count). The number of nitrogens with zero attached hydrogens (tertiary/aromatic N) is 3. The van der Waals surface area contributed by atoms with Gasteiger partial charge in [-0.3, -0.25) is 4.90 Å². The molecule has 0 bridgehead atoms. The molecule has 0 saturated carbocycles. The minimum absolute atomic E-state index is 0.261. The fourth-order valence-corrected chi connectivity index (χ4v) is 2.76. The highest BCUT2D eigenvalue weighted by atomic mass is 16.7. The quantitative estimate of drug-likeness (QED) is 0.915. The van der Waals surface area contributed by atoms with Crippen LogP contribution < -0.4 is 14.8 Å². The van der Waals surface area contributed by atoms with Gasteiger partial charge in [-0.2, -0.15) is 4.98 Å². The summed E-state index contributed by atoms with van der Waals surface area (Å²) in [7, 11) is 0. The van der Waals surface area contributed by atoms with E-state index in [1.807, 2.05) is 18.2 Å². The summed E-state index contributed by atoms with van der Waals surface area (Å²) in [6.45, 7) is 6.11. The maximum atomic E-state index is 5.39. The van der Waals surface area contributed by atoms with Gasteiger partial charge in [0.2, 0.25) is 18.5 Å². The Morgan fingerprint density at radius 2 is 2.23 bits per heavy atom. The Kier molecular flexibility index (Phi) is 3.44. The van der Waals surface area contributed by atoms with E-state index in [0.29, 0.717) is 24.3 Å². The topological polar surface area (TPSA) is 72.7 Å². The summed E-state index contributed by atoms with van der Waals surface area (Å²) in [6, 6.07) is 6.13. The number of benzene rings is 1. The second-order valence-electron chi connectivity index (χ2n) is 5.60. The molecule has 116 valence electrons. The number of nitrogens with one attached hydrogen (secondary N) is 1. The molecule has 0 aliphatic carbocycles. The standard InChI is InChI=1S/C15H18N4O3/c1-10-7-16-4-5-19(10)8-14-17-15(18-22-14)11-2-3-12-13(6-11)21-9-20-12/h2-3,6,10,16H,4-5,7-9H2,1H3/t10-/m1/s1. The molecule has 3 heterocycles. The molecule has 7 nitrogen and oxygen atoms in total. The van der Waals surface area contributed by atoms with Crippen molar-refractivity contribution in [2.45, 2.75) is 19.5 Å². The van der Waals surface area contributed by atoms with Crippen LogP contribution in [0.5, 0.6) is 11.5 Å². The molecular formula is C15H18N4O3. The molecule has 2 aliphatic rings. The van der Waals surface area contributed by atoms with Gasteiger partial charge in [0.15, 0.2) is 11.5 Å². The van der Waals surface area contributed by atoms with Crippen molar-refractivity contribution >= 4 is 0 Å². The van der Waals surface area contributed by atoms with E-state index in [0.717, 1.165) is 36.7 Å². The first-order valence-electron chi connectivity index (χ1n) is 7.47. The Balaban J connectivity index is 1.51. The van der Waals surface area contributed by atoms with E-state index >= 15 is 0 Å². The Morgan fingerprint density at radius 3 is 3.14 bits per heavy atom. The van der Waals surface area contributed by atoms with Crippen LogP contribution in [0.3, 0.4) is 0 Å². The van der Waals surface area contributed by atoms with Gasteiger partial charge in [0.1, 0.15) is 0 Å². The largest absolute Gasteiger partial charge is 0.454 e. The average Bonchev–Trinajstić information content (AvgIpc) is 3.17. The van der Waals surface area contributed by atoms with E-state index in [1.54, 1.807) is 0 Å². The van der Waals surface area contributed by atoms with Crippen LogP contribution in [0.1, 0.15) is 12.8 Å². The predicted octanol–water partition coefficient (Wildman–Crippen LogP) is 1.26. The zero-order valence-corrected chi connectivity index (χ0v) is 12.4. The minimum Gasteiger partial charge on any atom is -0.454 e. The Labute approximate surface area is 128 Å². The molecule has 0 spiro atoms. The van der Waals surface area contributed by atoms with Crippen molar-refractivity contribution in [3.63, 3.8) is 0 Å². The Morgan fingerprint density at radius 1 is 1.32 bits per heavy atom. The van der Waals surface area contributed by atoms with Crippen LogP contribution in [0, 0.1) is 0 Å². The van der Waals surface area contributed by atoms with E-state index in [1.165, 1.54) is 0 Å². The normalized spacial score (nSPS) is 21.2. The molecule has 1 N–H and O–H groups in total. The summed E-state index contributed by atoms with van der Waals surface area (Å²) in [5.74, 6) is 2.69. The van der Waals surface area contributed by atoms with Crippen LogP contribution in [0.2, 0.25) is 0 Å². The maximum absolute atomic E-state index is 5.39. The van der Waals surface area contributed by atoms with E-state index in [4.69, 9.17) is 14.0 Å².